The summed E-state index contributed by atoms with van der Waals surface area (Å²) >= 11 is 12.3. The van der Waals surface area contributed by atoms with E-state index in [2.05, 4.69) is 20.9 Å². The van der Waals surface area contributed by atoms with E-state index in [0.29, 0.717) is 36.3 Å². The van der Waals surface area contributed by atoms with Crippen molar-refractivity contribution >= 4 is 40.7 Å². The summed E-state index contributed by atoms with van der Waals surface area (Å²) in [6, 6.07) is 5.36. The second-order valence-electron chi connectivity index (χ2n) is 11.3. The van der Waals surface area contributed by atoms with E-state index in [1.165, 1.54) is 30.3 Å². The van der Waals surface area contributed by atoms with Gasteiger partial charge in [0.25, 0.3) is 0 Å². The molecule has 5 rings (SSSR count). The minimum Gasteiger partial charge on any atom is -0.353 e. The number of carbonyl (C=O) groups excluding carboxylic acids is 2. The van der Waals surface area contributed by atoms with Crippen LogP contribution in [0, 0.1) is 17.0 Å². The summed E-state index contributed by atoms with van der Waals surface area (Å²) in [4.78, 5) is 31.9. The van der Waals surface area contributed by atoms with Crippen LogP contribution in [0.1, 0.15) is 44.2 Å². The Balaban J connectivity index is 1.65. The summed E-state index contributed by atoms with van der Waals surface area (Å²) in [7, 11) is 0. The first-order valence-corrected chi connectivity index (χ1v) is 13.4. The Kier molecular flexibility index (Phi) is 7.20. The second kappa shape index (κ2) is 10.2. The van der Waals surface area contributed by atoms with Crippen LogP contribution in [0.4, 0.5) is 14.5 Å². The van der Waals surface area contributed by atoms with Gasteiger partial charge in [-0.1, -0.05) is 50.0 Å². The highest BCUT2D eigenvalue weighted by Gasteiger charge is 2.65. The first-order valence-electron chi connectivity index (χ1n) is 12.7. The number of hydrogen-bond acceptors (Lipinski definition) is 4. The van der Waals surface area contributed by atoms with E-state index < -0.39 is 35.1 Å². The zero-order chi connectivity index (χ0) is 28.1. The van der Waals surface area contributed by atoms with Gasteiger partial charge in [-0.3, -0.25) is 9.59 Å². The van der Waals surface area contributed by atoms with Gasteiger partial charge in [0.15, 0.2) is 0 Å². The molecule has 1 unspecified atom stereocenters. The minimum absolute atomic E-state index is 0.125. The summed E-state index contributed by atoms with van der Waals surface area (Å²) < 4.78 is 31.0. The molecule has 2 aliphatic rings. The van der Waals surface area contributed by atoms with Crippen LogP contribution in [-0.4, -0.2) is 40.0 Å². The van der Waals surface area contributed by atoms with E-state index in [0.717, 1.165) is 0 Å². The van der Waals surface area contributed by atoms with Crippen LogP contribution in [-0.2, 0) is 21.5 Å². The molecule has 1 fully saturated rings. The van der Waals surface area contributed by atoms with E-state index in [9.17, 15) is 18.4 Å². The fourth-order valence-corrected chi connectivity index (χ4v) is 6.33. The van der Waals surface area contributed by atoms with Crippen molar-refractivity contribution in [2.24, 2.45) is 5.41 Å². The number of benzene rings is 2. The molecule has 4 atom stereocenters. The first kappa shape index (κ1) is 27.6. The molecule has 2 aliphatic heterocycles. The highest BCUT2D eigenvalue weighted by atomic mass is 35.5. The Morgan fingerprint density at radius 2 is 1.90 bits per heavy atom. The summed E-state index contributed by atoms with van der Waals surface area (Å²) in [5.41, 5.74) is -0.405. The van der Waals surface area contributed by atoms with Crippen molar-refractivity contribution in [1.82, 2.24) is 20.2 Å². The molecule has 1 saturated heterocycles. The Labute approximate surface area is 235 Å². The molecule has 0 radical (unpaired) electrons. The van der Waals surface area contributed by atoms with E-state index in [-0.39, 0.29) is 27.3 Å². The molecule has 206 valence electrons. The third kappa shape index (κ3) is 4.92. The molecule has 1 spiro atoms. The number of carbonyl (C=O) groups is 2. The topological polar surface area (TPSA) is 88.1 Å². The number of imidazole rings is 1. The molecule has 3 aromatic rings. The molecule has 0 aliphatic carbocycles. The molecule has 11 heteroatoms. The fraction of sp³-hybridized carbons (Fsp3) is 0.393. The van der Waals surface area contributed by atoms with E-state index in [1.807, 2.05) is 25.3 Å². The fourth-order valence-electron chi connectivity index (χ4n) is 5.98. The summed E-state index contributed by atoms with van der Waals surface area (Å²) in [6.07, 6.45) is 5.57. The lowest BCUT2D eigenvalue weighted by Gasteiger charge is -2.37. The Bertz CT molecular complexity index is 1430. The van der Waals surface area contributed by atoms with Gasteiger partial charge in [0.05, 0.1) is 22.4 Å². The number of rotatable bonds is 6. The second-order valence-corrected chi connectivity index (χ2v) is 12.2. The number of halogens is 4. The van der Waals surface area contributed by atoms with Gasteiger partial charge in [0, 0.05) is 43.1 Å². The van der Waals surface area contributed by atoms with Crippen molar-refractivity contribution in [2.45, 2.75) is 57.2 Å². The van der Waals surface area contributed by atoms with Gasteiger partial charge in [-0.05, 0) is 47.2 Å². The first-order chi connectivity index (χ1) is 18.4. The van der Waals surface area contributed by atoms with Gasteiger partial charge in [0.2, 0.25) is 11.8 Å². The summed E-state index contributed by atoms with van der Waals surface area (Å²) in [5, 5.41) is 9.00. The number of hydrogen-bond donors (Lipinski definition) is 3. The third-order valence-electron chi connectivity index (χ3n) is 7.51. The molecule has 2 aromatic carbocycles. The van der Waals surface area contributed by atoms with E-state index in [4.69, 9.17) is 23.2 Å². The largest absolute Gasteiger partial charge is 0.353 e. The van der Waals surface area contributed by atoms with Crippen molar-refractivity contribution in [3.8, 4) is 0 Å². The quantitative estimate of drug-likeness (QED) is 0.384. The minimum atomic E-state index is -1.40. The number of aromatic nitrogens is 2. The maximum atomic E-state index is 15.0. The third-order valence-corrected chi connectivity index (χ3v) is 8.09. The zero-order valence-electron chi connectivity index (χ0n) is 21.7. The van der Waals surface area contributed by atoms with Gasteiger partial charge >= 0.3 is 0 Å². The molecule has 3 heterocycles. The number of nitrogens with one attached hydrogen (secondary N) is 3. The Morgan fingerprint density at radius 1 is 1.15 bits per heavy atom. The van der Waals surface area contributed by atoms with Crippen molar-refractivity contribution in [3.63, 3.8) is 0 Å². The maximum absolute atomic E-state index is 15.0. The molecule has 0 bridgehead atoms. The highest BCUT2D eigenvalue weighted by molar-refractivity contribution is 6.31. The van der Waals surface area contributed by atoms with Crippen molar-refractivity contribution < 1.29 is 18.4 Å². The average molecular weight is 576 g/mol. The number of nitrogens with zero attached hydrogens (tertiary/aromatic N) is 2. The van der Waals surface area contributed by atoms with Gasteiger partial charge in [-0.25, -0.2) is 13.8 Å². The van der Waals surface area contributed by atoms with Crippen LogP contribution >= 0.6 is 23.2 Å². The van der Waals surface area contributed by atoms with Crippen LogP contribution in [0.3, 0.4) is 0 Å². The summed E-state index contributed by atoms with van der Waals surface area (Å²) in [5.74, 6) is -2.86. The standard InChI is InChI=1S/C28H29Cl2F2N5O2/c1-27(2,3)13-22-28(16-11-20(32)18(30)12-21(16)35-26(28)39)23(15-4-5-19(31)17(29)10-15)24(36-22)25(38)34-7-9-37-8-6-33-14-37/h4-6,8,10-12,14,22-24,36H,7,9,13H2,1-3H3,(H,34,38)(H,35,39)/t22-,23?,24-,28+/m1/s1. The van der Waals surface area contributed by atoms with Crippen LogP contribution in [0.2, 0.25) is 10.0 Å². The van der Waals surface area contributed by atoms with Gasteiger partial charge in [-0.2, -0.15) is 0 Å². The number of amides is 2. The SMILES string of the molecule is CC(C)(C)C[C@H]1N[C@@H](C(=O)NCCn2ccnc2)C(c2ccc(F)c(Cl)c2)[C@@]12C(=O)Nc1cc(Cl)c(F)cc12. The molecule has 39 heavy (non-hydrogen) atoms. The predicted octanol–water partition coefficient (Wildman–Crippen LogP) is 5.03. The highest BCUT2D eigenvalue weighted by Crippen LogP contribution is 2.57. The lowest BCUT2D eigenvalue weighted by atomic mass is 9.62. The number of fused-ring (bicyclic) bond motifs is 2. The van der Waals surface area contributed by atoms with Crippen LogP contribution in [0.5, 0.6) is 0 Å². The molecular formula is C28H29Cl2F2N5O2. The van der Waals surface area contributed by atoms with Crippen molar-refractivity contribution in [1.29, 1.82) is 0 Å². The normalized spacial score (nSPS) is 24.2. The maximum Gasteiger partial charge on any atom is 0.237 e. The van der Waals surface area contributed by atoms with Gasteiger partial charge < -0.3 is 20.5 Å². The van der Waals surface area contributed by atoms with Gasteiger partial charge in [0.1, 0.15) is 17.0 Å². The molecule has 3 N–H and O–H groups in total. The number of anilines is 1. The van der Waals surface area contributed by atoms with Crippen LogP contribution in [0.25, 0.3) is 0 Å². The lowest BCUT2D eigenvalue weighted by molar-refractivity contribution is -0.123. The Morgan fingerprint density at radius 3 is 2.56 bits per heavy atom. The zero-order valence-corrected chi connectivity index (χ0v) is 23.2. The Hall–Kier alpha value is -3.01. The van der Waals surface area contributed by atoms with E-state index >= 15 is 0 Å². The predicted molar refractivity (Wildman–Crippen MR) is 146 cm³/mol. The molecule has 1 aromatic heterocycles. The smallest absolute Gasteiger partial charge is 0.237 e. The average Bonchev–Trinajstić information content (AvgIpc) is 3.55. The molecule has 7 nitrogen and oxygen atoms in total. The monoisotopic (exact) mass is 575 g/mol. The molecule has 2 amide bonds. The summed E-state index contributed by atoms with van der Waals surface area (Å²) in [6.45, 7) is 6.89. The lowest BCUT2D eigenvalue weighted by Crippen LogP contribution is -2.49. The molecular weight excluding hydrogens is 547 g/mol. The van der Waals surface area contributed by atoms with Gasteiger partial charge in [-0.15, -0.1) is 0 Å². The van der Waals surface area contributed by atoms with E-state index in [1.54, 1.807) is 18.7 Å². The van der Waals surface area contributed by atoms with Crippen molar-refractivity contribution in [3.05, 3.63) is 81.9 Å². The molecule has 0 saturated carbocycles. The van der Waals surface area contributed by atoms with Crippen LogP contribution < -0.4 is 16.0 Å². The van der Waals surface area contributed by atoms with Crippen molar-refractivity contribution in [2.75, 3.05) is 11.9 Å². The van der Waals surface area contributed by atoms with Crippen LogP contribution in [0.15, 0.2) is 49.1 Å².